The molecular formula is C31H30FN5O4. The number of aromatic nitrogens is 4. The number of nitrogens with zero attached hydrogens (tertiary/aromatic N) is 4. The Labute approximate surface area is 235 Å². The molecule has 0 bridgehead atoms. The Morgan fingerprint density at radius 2 is 1.37 bits per heavy atom. The van der Waals surface area contributed by atoms with E-state index in [1.54, 1.807) is 0 Å². The Morgan fingerprint density at radius 3 is 1.95 bits per heavy atom. The predicted molar refractivity (Wildman–Crippen MR) is 150 cm³/mol. The van der Waals surface area contributed by atoms with Crippen LogP contribution in [-0.2, 0) is 24.0 Å². The zero-order chi connectivity index (χ0) is 28.6. The van der Waals surface area contributed by atoms with E-state index in [9.17, 15) is 19.7 Å². The van der Waals surface area contributed by atoms with Gasteiger partial charge < -0.3 is 25.8 Å². The van der Waals surface area contributed by atoms with Gasteiger partial charge in [0.2, 0.25) is 0 Å². The number of aliphatic hydroxyl groups is 3. The number of benzene rings is 3. The van der Waals surface area contributed by atoms with Gasteiger partial charge in [-0.05, 0) is 16.7 Å². The quantitative estimate of drug-likeness (QED) is 0.214. The van der Waals surface area contributed by atoms with Gasteiger partial charge in [0.1, 0.15) is 17.3 Å². The number of imidazole rings is 1. The topological polar surface area (TPSA) is 140 Å². The zero-order valence-electron chi connectivity index (χ0n) is 22.1. The first kappa shape index (κ1) is 27.0. The molecule has 2 aromatic heterocycles. The molecule has 6 rings (SSSR count). The molecular weight excluding hydrogens is 525 g/mol. The summed E-state index contributed by atoms with van der Waals surface area (Å²) in [5.41, 5.74) is 4.25. The molecule has 1 unspecified atom stereocenters. The Balaban J connectivity index is 1.52. The molecule has 1 saturated heterocycles. The van der Waals surface area contributed by atoms with E-state index in [1.165, 1.54) is 10.9 Å². The number of nitrogens with two attached hydrogens (primary N) is 1. The van der Waals surface area contributed by atoms with Gasteiger partial charge in [0, 0.05) is 19.3 Å². The number of hydrogen-bond donors (Lipinski definition) is 4. The lowest BCUT2D eigenvalue weighted by atomic mass is 9.71. The smallest absolute Gasteiger partial charge is 0.312 e. The van der Waals surface area contributed by atoms with Gasteiger partial charge in [-0.1, -0.05) is 91.0 Å². The van der Waals surface area contributed by atoms with Crippen LogP contribution in [0.25, 0.3) is 11.2 Å². The molecule has 9 nitrogen and oxygen atoms in total. The van der Waals surface area contributed by atoms with Gasteiger partial charge in [-0.15, -0.1) is 0 Å². The summed E-state index contributed by atoms with van der Waals surface area (Å²) < 4.78 is 22.1. The second-order valence-electron chi connectivity index (χ2n) is 10.5. The second-order valence-corrected chi connectivity index (χ2v) is 10.5. The molecule has 0 radical (unpaired) electrons. The van der Waals surface area contributed by atoms with Gasteiger partial charge in [0.05, 0.1) is 12.4 Å². The van der Waals surface area contributed by atoms with Gasteiger partial charge >= 0.3 is 6.08 Å². The van der Waals surface area contributed by atoms with Gasteiger partial charge in [0.15, 0.2) is 23.2 Å². The molecule has 5 atom stereocenters. The van der Waals surface area contributed by atoms with Crippen molar-refractivity contribution in [2.24, 2.45) is 0 Å². The van der Waals surface area contributed by atoms with Crippen LogP contribution < -0.4 is 5.73 Å². The minimum Gasteiger partial charge on any atom is -0.390 e. The molecule has 41 heavy (non-hydrogen) atoms. The molecule has 1 aliphatic rings. The normalized spacial score (nSPS) is 25.0. The van der Waals surface area contributed by atoms with Crippen LogP contribution in [0.5, 0.6) is 0 Å². The summed E-state index contributed by atoms with van der Waals surface area (Å²) in [6.45, 7) is 0. The number of anilines is 1. The van der Waals surface area contributed by atoms with Crippen molar-refractivity contribution in [2.75, 3.05) is 5.73 Å². The van der Waals surface area contributed by atoms with E-state index in [0.29, 0.717) is 0 Å². The van der Waals surface area contributed by atoms with Gasteiger partial charge in [-0.25, -0.2) is 4.98 Å². The van der Waals surface area contributed by atoms with Crippen molar-refractivity contribution in [3.05, 3.63) is 120 Å². The highest BCUT2D eigenvalue weighted by atomic mass is 19.1. The molecule has 5 aromatic rings. The number of rotatable bonds is 8. The van der Waals surface area contributed by atoms with Crippen molar-refractivity contribution in [3.8, 4) is 0 Å². The fourth-order valence-electron chi connectivity index (χ4n) is 5.88. The lowest BCUT2D eigenvalue weighted by molar-refractivity contribution is -0.160. The summed E-state index contributed by atoms with van der Waals surface area (Å²) in [7, 11) is 0. The SMILES string of the molecule is Nc1nc(F)nc2c1ncn2[C@@H]1O[C@H](C(O)Cc2ccccc2)[C@](O)(Cc2ccccc2)[C@@]1(O)Cc1ccccc1. The van der Waals surface area contributed by atoms with Crippen molar-refractivity contribution >= 4 is 17.0 Å². The Kier molecular flexibility index (Phi) is 7.00. The van der Waals surface area contributed by atoms with Crippen LogP contribution in [0.3, 0.4) is 0 Å². The fourth-order valence-corrected chi connectivity index (χ4v) is 5.88. The van der Waals surface area contributed by atoms with E-state index in [0.717, 1.165) is 16.7 Å². The summed E-state index contributed by atoms with van der Waals surface area (Å²) in [6.07, 6.45) is -3.49. The van der Waals surface area contributed by atoms with Crippen molar-refractivity contribution in [1.82, 2.24) is 19.5 Å². The van der Waals surface area contributed by atoms with E-state index < -0.39 is 35.7 Å². The third-order valence-corrected chi connectivity index (χ3v) is 7.85. The van der Waals surface area contributed by atoms with Crippen LogP contribution in [0.2, 0.25) is 0 Å². The molecule has 5 N–H and O–H groups in total. The van der Waals surface area contributed by atoms with Crippen molar-refractivity contribution in [3.63, 3.8) is 0 Å². The maximum Gasteiger partial charge on any atom is 0.312 e. The second kappa shape index (κ2) is 10.6. The number of aliphatic hydroxyl groups excluding tert-OH is 1. The molecule has 0 saturated carbocycles. The number of halogens is 1. The van der Waals surface area contributed by atoms with Crippen molar-refractivity contribution in [1.29, 1.82) is 0 Å². The number of fused-ring (bicyclic) bond motifs is 1. The fraction of sp³-hybridized carbons (Fsp3) is 0.258. The van der Waals surface area contributed by atoms with Crippen molar-refractivity contribution < 1.29 is 24.4 Å². The summed E-state index contributed by atoms with van der Waals surface area (Å²) in [5, 5.41) is 37.0. The van der Waals surface area contributed by atoms with Crippen LogP contribution in [0.4, 0.5) is 10.2 Å². The van der Waals surface area contributed by atoms with E-state index in [1.807, 2.05) is 91.0 Å². The number of hydrogen-bond acceptors (Lipinski definition) is 8. The molecule has 0 spiro atoms. The third kappa shape index (κ3) is 4.85. The van der Waals surface area contributed by atoms with Gasteiger partial charge in [-0.2, -0.15) is 14.4 Å². The molecule has 10 heteroatoms. The minimum atomic E-state index is -2.05. The monoisotopic (exact) mass is 555 g/mol. The molecule has 0 amide bonds. The van der Waals surface area contributed by atoms with Crippen LogP contribution in [-0.4, -0.2) is 58.2 Å². The van der Waals surface area contributed by atoms with E-state index in [-0.39, 0.29) is 36.2 Å². The average Bonchev–Trinajstić information content (AvgIpc) is 3.47. The largest absolute Gasteiger partial charge is 0.390 e. The van der Waals surface area contributed by atoms with Gasteiger partial charge in [0.25, 0.3) is 0 Å². The highest BCUT2D eigenvalue weighted by Crippen LogP contribution is 2.51. The van der Waals surface area contributed by atoms with Crippen LogP contribution in [0.1, 0.15) is 22.9 Å². The number of ether oxygens (including phenoxy) is 1. The molecule has 0 aliphatic carbocycles. The van der Waals surface area contributed by atoms with E-state index in [2.05, 4.69) is 15.0 Å². The summed E-state index contributed by atoms with van der Waals surface area (Å²) >= 11 is 0. The summed E-state index contributed by atoms with van der Waals surface area (Å²) in [6, 6.07) is 27.7. The third-order valence-electron chi connectivity index (χ3n) is 7.85. The maximum atomic E-state index is 14.3. The Hall–Kier alpha value is -4.22. The first-order chi connectivity index (χ1) is 19.8. The standard InChI is InChI=1S/C31H30FN5O4/c32-29-35-26(33)24-27(36-29)37(19-34-24)28-31(40,18-22-14-8-3-9-15-22)30(39,17-21-12-6-2-7-13-21)25(41-28)23(38)16-20-10-4-1-5-11-20/h1-15,19,23,25,28,38-40H,16-18H2,(H2,33,35,36)/t23?,25-,28-,30-,31-/m1/s1. The number of nitrogen functional groups attached to an aromatic ring is 1. The van der Waals surface area contributed by atoms with E-state index in [4.69, 9.17) is 10.5 Å². The van der Waals surface area contributed by atoms with E-state index >= 15 is 0 Å². The van der Waals surface area contributed by atoms with Crippen LogP contribution in [0, 0.1) is 6.08 Å². The molecule has 1 fully saturated rings. The first-order valence-corrected chi connectivity index (χ1v) is 13.3. The first-order valence-electron chi connectivity index (χ1n) is 13.3. The Morgan fingerprint density at radius 1 is 0.829 bits per heavy atom. The highest BCUT2D eigenvalue weighted by molar-refractivity contribution is 5.81. The average molecular weight is 556 g/mol. The van der Waals surface area contributed by atoms with Gasteiger partial charge in [-0.3, -0.25) is 4.57 Å². The van der Waals surface area contributed by atoms with Crippen molar-refractivity contribution in [2.45, 2.75) is 48.9 Å². The lowest BCUT2D eigenvalue weighted by Crippen LogP contribution is -2.62. The predicted octanol–water partition coefficient (Wildman–Crippen LogP) is 3.00. The maximum absolute atomic E-state index is 14.3. The highest BCUT2D eigenvalue weighted by Gasteiger charge is 2.67. The zero-order valence-corrected chi connectivity index (χ0v) is 22.1. The molecule has 3 heterocycles. The Bertz CT molecular complexity index is 1640. The van der Waals surface area contributed by atoms with Crippen LogP contribution in [0.15, 0.2) is 97.3 Å². The minimum absolute atomic E-state index is 0.00764. The lowest BCUT2D eigenvalue weighted by Gasteiger charge is -2.42. The summed E-state index contributed by atoms with van der Waals surface area (Å²) in [5.74, 6) is -0.170. The summed E-state index contributed by atoms with van der Waals surface area (Å²) in [4.78, 5) is 11.7. The molecule has 210 valence electrons. The molecule has 1 aliphatic heterocycles. The van der Waals surface area contributed by atoms with Crippen LogP contribution >= 0.6 is 0 Å². The molecule has 3 aromatic carbocycles.